The summed E-state index contributed by atoms with van der Waals surface area (Å²) in [6.07, 6.45) is 10.1. The number of carbonyl (C=O) groups excluding carboxylic acids is 2. The molecule has 2 fully saturated rings. The average Bonchev–Trinajstić information content (AvgIpc) is 3.83. The minimum absolute atomic E-state index is 0.178. The van der Waals surface area contributed by atoms with Crippen LogP contribution in [0.1, 0.15) is 48.9 Å². The number of halogens is 1. The summed E-state index contributed by atoms with van der Waals surface area (Å²) in [6, 6.07) is 14.5. The number of nitrogens with one attached hydrogen (secondary N) is 1. The molecule has 9 nitrogen and oxygen atoms in total. The molecule has 10 heteroatoms. The Bertz CT molecular complexity index is 945. The van der Waals surface area contributed by atoms with E-state index in [-0.39, 0.29) is 5.82 Å². The van der Waals surface area contributed by atoms with Crippen LogP contribution in [0, 0.1) is 5.82 Å². The molecule has 1 saturated heterocycles. The summed E-state index contributed by atoms with van der Waals surface area (Å²) in [6.45, 7) is 4.85. The van der Waals surface area contributed by atoms with Crippen molar-refractivity contribution in [2.45, 2.75) is 38.5 Å². The summed E-state index contributed by atoms with van der Waals surface area (Å²) in [4.78, 5) is 26.8. The van der Waals surface area contributed by atoms with Crippen LogP contribution in [0.2, 0.25) is 0 Å². The minimum Gasteiger partial charge on any atom is -0.403 e. The van der Waals surface area contributed by atoms with Gasteiger partial charge in [-0.25, -0.2) is 10.2 Å². The van der Waals surface area contributed by atoms with Gasteiger partial charge in [-0.05, 0) is 69.9 Å². The van der Waals surface area contributed by atoms with Gasteiger partial charge in [0.25, 0.3) is 0 Å². The summed E-state index contributed by atoms with van der Waals surface area (Å²) in [5.74, 6) is 5.27. The van der Waals surface area contributed by atoms with Crippen molar-refractivity contribution in [3.63, 3.8) is 0 Å². The quantitative estimate of drug-likeness (QED) is 0.228. The van der Waals surface area contributed by atoms with Gasteiger partial charge in [-0.2, -0.15) is 0 Å². The van der Waals surface area contributed by atoms with Gasteiger partial charge in [0, 0.05) is 50.6 Å². The largest absolute Gasteiger partial charge is 0.403 e. The lowest BCUT2D eigenvalue weighted by molar-refractivity contribution is -0.132. The lowest BCUT2D eigenvalue weighted by Crippen LogP contribution is -2.47. The molecule has 2 aliphatic rings. The van der Waals surface area contributed by atoms with Gasteiger partial charge in [0.2, 0.25) is 11.8 Å². The van der Waals surface area contributed by atoms with Gasteiger partial charge in [0.1, 0.15) is 5.82 Å². The number of hydrogen-bond acceptors (Lipinski definition) is 7. The molecule has 0 unspecified atom stereocenters. The number of amides is 2. The molecule has 2 aromatic carbocycles. The van der Waals surface area contributed by atoms with Gasteiger partial charge in [-0.15, -0.1) is 0 Å². The molecular weight excluding hydrogens is 497 g/mol. The van der Waals surface area contributed by atoms with Crippen molar-refractivity contribution in [2.75, 3.05) is 51.8 Å². The Morgan fingerprint density at radius 3 is 2.00 bits per heavy atom. The van der Waals surface area contributed by atoms with Crippen LogP contribution in [0.3, 0.4) is 0 Å². The van der Waals surface area contributed by atoms with Gasteiger partial charge in [-0.1, -0.05) is 37.5 Å². The highest BCUT2D eigenvalue weighted by molar-refractivity contribution is 5.93. The monoisotopic (exact) mass is 543 g/mol. The molecule has 0 atom stereocenters. The normalized spacial score (nSPS) is 14.1. The van der Waals surface area contributed by atoms with E-state index in [9.17, 15) is 14.0 Å². The van der Waals surface area contributed by atoms with Gasteiger partial charge < -0.3 is 26.6 Å². The third-order valence-corrected chi connectivity index (χ3v) is 5.71. The fourth-order valence-electron chi connectivity index (χ4n) is 3.18. The molecule has 7 N–H and O–H groups in total. The lowest BCUT2D eigenvalue weighted by atomic mass is 10.2. The third-order valence-electron chi connectivity index (χ3n) is 5.71. The van der Waals surface area contributed by atoms with Crippen LogP contribution in [0.25, 0.3) is 0 Å². The van der Waals surface area contributed by atoms with E-state index in [2.05, 4.69) is 17.3 Å². The standard InChI is InChI=1S/C11H23N3O.C9H12N4O.C6H5F.C3H6/c1-12-6-4-3-5-11(15)14-9-7-13(2)8-10-14;10-5-6-13(12)8-3-1-7(2-4-8)9(11)14;7-6-4-2-1-3-5-6;1-2-3-1/h12H,3-10H2,1-2H3;1-6H,10,12H2,(H2,11,14);1-5H;1-3H2/b;6-5-;;. The molecule has 4 rings (SSSR count). The Morgan fingerprint density at radius 2 is 1.56 bits per heavy atom. The number of primary amides is 1. The molecule has 0 spiro atoms. The van der Waals surface area contributed by atoms with E-state index in [1.807, 2.05) is 11.9 Å². The van der Waals surface area contributed by atoms with Crippen molar-refractivity contribution < 1.29 is 14.0 Å². The van der Waals surface area contributed by atoms with Crippen LogP contribution >= 0.6 is 0 Å². The number of likely N-dealkylation sites (N-methyl/N-ethyl adjacent to an activating group) is 1. The summed E-state index contributed by atoms with van der Waals surface area (Å²) < 4.78 is 11.9. The smallest absolute Gasteiger partial charge is 0.248 e. The number of carbonyl (C=O) groups is 2. The van der Waals surface area contributed by atoms with Crippen LogP contribution in [-0.4, -0.2) is 68.4 Å². The number of hydrazine groups is 1. The maximum Gasteiger partial charge on any atom is 0.248 e. The number of nitrogens with two attached hydrogens (primary N) is 3. The summed E-state index contributed by atoms with van der Waals surface area (Å²) in [5, 5.41) is 4.43. The predicted octanol–water partition coefficient (Wildman–Crippen LogP) is 3.04. The molecule has 2 aromatic rings. The second-order valence-electron chi connectivity index (χ2n) is 9.26. The van der Waals surface area contributed by atoms with Crippen molar-refractivity contribution >= 4 is 17.5 Å². The van der Waals surface area contributed by atoms with Crippen molar-refractivity contribution in [2.24, 2.45) is 17.3 Å². The second kappa shape index (κ2) is 20.5. The van der Waals surface area contributed by atoms with E-state index >= 15 is 0 Å². The topological polar surface area (TPSA) is 134 Å². The highest BCUT2D eigenvalue weighted by Crippen LogP contribution is 2.15. The van der Waals surface area contributed by atoms with Crippen molar-refractivity contribution in [1.29, 1.82) is 0 Å². The number of nitrogens with zero attached hydrogens (tertiary/aromatic N) is 3. The molecule has 0 radical (unpaired) electrons. The van der Waals surface area contributed by atoms with E-state index in [1.54, 1.807) is 42.5 Å². The molecule has 0 aromatic heterocycles. The third kappa shape index (κ3) is 16.9. The van der Waals surface area contributed by atoms with Crippen LogP contribution < -0.4 is 27.6 Å². The van der Waals surface area contributed by atoms with Gasteiger partial charge in [-0.3, -0.25) is 14.6 Å². The molecule has 0 bridgehead atoms. The Labute approximate surface area is 232 Å². The van der Waals surface area contributed by atoms with Gasteiger partial charge >= 0.3 is 0 Å². The van der Waals surface area contributed by atoms with Crippen molar-refractivity contribution in [3.8, 4) is 0 Å². The molecular formula is C29H46FN7O2. The van der Waals surface area contributed by atoms with Crippen LogP contribution in [0.4, 0.5) is 10.1 Å². The number of hydrogen-bond donors (Lipinski definition) is 4. The first-order valence-electron chi connectivity index (χ1n) is 13.4. The molecule has 216 valence electrons. The Hall–Kier alpha value is -3.47. The second-order valence-corrected chi connectivity index (χ2v) is 9.26. The predicted molar refractivity (Wildman–Crippen MR) is 157 cm³/mol. The first-order chi connectivity index (χ1) is 18.8. The zero-order valence-electron chi connectivity index (χ0n) is 23.4. The summed E-state index contributed by atoms with van der Waals surface area (Å²) >= 11 is 0. The van der Waals surface area contributed by atoms with Crippen molar-refractivity contribution in [1.82, 2.24) is 15.1 Å². The van der Waals surface area contributed by atoms with E-state index in [0.717, 1.165) is 51.3 Å². The number of piperazine rings is 1. The van der Waals surface area contributed by atoms with E-state index in [0.29, 0.717) is 17.9 Å². The average molecular weight is 544 g/mol. The SMILES string of the molecule is C1CC1.CNCCCCC(=O)N1CCN(C)CC1.Fc1ccccc1.N/C=C\N(N)c1ccc(C(N)=O)cc1. The zero-order chi connectivity index (χ0) is 28.9. The molecule has 1 aliphatic carbocycles. The fourth-order valence-corrected chi connectivity index (χ4v) is 3.18. The van der Waals surface area contributed by atoms with Gasteiger partial charge in [0.15, 0.2) is 0 Å². The molecule has 1 aliphatic heterocycles. The highest BCUT2D eigenvalue weighted by Gasteiger charge is 2.18. The summed E-state index contributed by atoms with van der Waals surface area (Å²) in [5.41, 5.74) is 11.4. The zero-order valence-corrected chi connectivity index (χ0v) is 23.4. The molecule has 2 amide bonds. The number of benzene rings is 2. The van der Waals surface area contributed by atoms with Crippen LogP contribution in [0.5, 0.6) is 0 Å². The number of rotatable bonds is 8. The fraction of sp³-hybridized carbons (Fsp3) is 0.448. The Balaban J connectivity index is 0.000000290. The number of anilines is 1. The minimum atomic E-state index is -0.463. The summed E-state index contributed by atoms with van der Waals surface area (Å²) in [7, 11) is 4.05. The molecule has 1 heterocycles. The Morgan fingerprint density at radius 1 is 0.974 bits per heavy atom. The maximum atomic E-state index is 11.9. The Kier molecular flexibility index (Phi) is 17.6. The van der Waals surface area contributed by atoms with Crippen LogP contribution in [0.15, 0.2) is 67.0 Å². The first-order valence-corrected chi connectivity index (χ1v) is 13.4. The number of unbranched alkanes of at least 4 members (excludes halogenated alkanes) is 1. The maximum absolute atomic E-state index is 11.9. The lowest BCUT2D eigenvalue weighted by Gasteiger charge is -2.32. The molecule has 39 heavy (non-hydrogen) atoms. The first kappa shape index (κ1) is 33.6. The van der Waals surface area contributed by atoms with Crippen molar-refractivity contribution in [3.05, 3.63) is 78.4 Å². The van der Waals surface area contributed by atoms with Gasteiger partial charge in [0.05, 0.1) is 5.69 Å². The van der Waals surface area contributed by atoms with Crippen LogP contribution in [-0.2, 0) is 4.79 Å². The molecule has 1 saturated carbocycles. The van der Waals surface area contributed by atoms with E-state index < -0.39 is 5.91 Å². The van der Waals surface area contributed by atoms with E-state index in [4.69, 9.17) is 17.3 Å². The van der Waals surface area contributed by atoms with E-state index in [1.165, 1.54) is 48.8 Å². The highest BCUT2D eigenvalue weighted by atomic mass is 19.1.